The van der Waals surface area contributed by atoms with Gasteiger partial charge in [-0.1, -0.05) is 62.8 Å². The first-order valence-corrected chi connectivity index (χ1v) is 8.73. The first kappa shape index (κ1) is 15.1. The van der Waals surface area contributed by atoms with Crippen LogP contribution in [0.3, 0.4) is 0 Å². The topological polar surface area (TPSA) is 32.3 Å². The highest BCUT2D eigenvalue weighted by molar-refractivity contribution is 5.24. The summed E-state index contributed by atoms with van der Waals surface area (Å²) in [5, 5.41) is 13.4. The molecule has 2 N–H and O–H groups in total. The lowest BCUT2D eigenvalue weighted by Gasteiger charge is -2.36. The number of aliphatic hydroxyl groups is 1. The Kier molecular flexibility index (Phi) is 4.97. The van der Waals surface area contributed by atoms with Gasteiger partial charge in [0.25, 0.3) is 0 Å². The highest BCUT2D eigenvalue weighted by Crippen LogP contribution is 2.30. The molecular weight excluding hydrogens is 258 g/mol. The molecule has 0 amide bonds. The number of hydrogen-bond donors (Lipinski definition) is 2. The second-order valence-corrected chi connectivity index (χ2v) is 7.17. The van der Waals surface area contributed by atoms with E-state index in [9.17, 15) is 5.11 Å². The van der Waals surface area contributed by atoms with Crippen LogP contribution >= 0.6 is 0 Å². The molecule has 21 heavy (non-hydrogen) atoms. The monoisotopic (exact) mass is 287 g/mol. The smallest absolute Gasteiger partial charge is 0.0613 e. The van der Waals surface area contributed by atoms with Crippen molar-refractivity contribution in [2.24, 2.45) is 5.92 Å². The van der Waals surface area contributed by atoms with Crippen LogP contribution in [0.5, 0.6) is 0 Å². The summed E-state index contributed by atoms with van der Waals surface area (Å²) in [4.78, 5) is 0. The molecule has 3 rings (SSSR count). The van der Waals surface area contributed by atoms with Crippen molar-refractivity contribution in [3.05, 3.63) is 35.4 Å². The second-order valence-electron chi connectivity index (χ2n) is 7.17. The van der Waals surface area contributed by atoms with Crippen molar-refractivity contribution in [2.75, 3.05) is 6.61 Å². The average molecular weight is 287 g/mol. The number of nitrogens with one attached hydrogen (secondary N) is 1. The van der Waals surface area contributed by atoms with Crippen LogP contribution in [0.1, 0.15) is 62.5 Å². The molecule has 2 fully saturated rings. The van der Waals surface area contributed by atoms with Crippen LogP contribution in [0.2, 0.25) is 0 Å². The van der Waals surface area contributed by atoms with Gasteiger partial charge in [0.1, 0.15) is 0 Å². The maximum atomic E-state index is 9.77. The summed E-state index contributed by atoms with van der Waals surface area (Å²) >= 11 is 0. The van der Waals surface area contributed by atoms with E-state index in [1.165, 1.54) is 56.1 Å². The lowest BCUT2D eigenvalue weighted by Crippen LogP contribution is -2.49. The SMILES string of the molecule is OCC1(NCc2cccc(CC3CCC3)c2)CCCCC1. The molecule has 1 aromatic rings. The number of rotatable bonds is 6. The predicted octanol–water partition coefficient (Wildman–Crippen LogP) is 3.81. The Morgan fingerprint density at radius 1 is 1.05 bits per heavy atom. The van der Waals surface area contributed by atoms with Crippen LogP contribution in [-0.4, -0.2) is 17.3 Å². The molecule has 0 saturated heterocycles. The van der Waals surface area contributed by atoms with E-state index in [1.54, 1.807) is 0 Å². The highest BCUT2D eigenvalue weighted by atomic mass is 16.3. The van der Waals surface area contributed by atoms with E-state index in [2.05, 4.69) is 29.6 Å². The lowest BCUT2D eigenvalue weighted by atomic mass is 9.80. The van der Waals surface area contributed by atoms with E-state index in [-0.39, 0.29) is 12.1 Å². The summed E-state index contributed by atoms with van der Waals surface area (Å²) in [7, 11) is 0. The molecule has 0 bridgehead atoms. The van der Waals surface area contributed by atoms with E-state index in [0.29, 0.717) is 0 Å². The summed E-state index contributed by atoms with van der Waals surface area (Å²) in [6, 6.07) is 9.03. The first-order chi connectivity index (χ1) is 10.3. The zero-order valence-electron chi connectivity index (χ0n) is 13.1. The van der Waals surface area contributed by atoms with Crippen molar-refractivity contribution in [1.82, 2.24) is 5.32 Å². The van der Waals surface area contributed by atoms with Crippen LogP contribution in [0.25, 0.3) is 0 Å². The fourth-order valence-corrected chi connectivity index (χ4v) is 3.81. The van der Waals surface area contributed by atoms with Gasteiger partial charge in [0, 0.05) is 12.1 Å². The quantitative estimate of drug-likeness (QED) is 0.834. The molecule has 2 heteroatoms. The fraction of sp³-hybridized carbons (Fsp3) is 0.684. The van der Waals surface area contributed by atoms with Crippen molar-refractivity contribution in [1.29, 1.82) is 0 Å². The van der Waals surface area contributed by atoms with Gasteiger partial charge in [0.2, 0.25) is 0 Å². The molecule has 0 aliphatic heterocycles. The molecular formula is C19H29NO. The molecule has 1 aromatic carbocycles. The van der Waals surface area contributed by atoms with E-state index in [4.69, 9.17) is 0 Å². The molecule has 2 aliphatic rings. The third-order valence-corrected chi connectivity index (χ3v) is 5.52. The Bertz CT molecular complexity index is 447. The molecule has 116 valence electrons. The maximum absolute atomic E-state index is 9.77. The third-order valence-electron chi connectivity index (χ3n) is 5.52. The molecule has 2 saturated carbocycles. The van der Waals surface area contributed by atoms with Crippen LogP contribution in [0.4, 0.5) is 0 Å². The van der Waals surface area contributed by atoms with Crippen LogP contribution < -0.4 is 5.32 Å². The zero-order valence-corrected chi connectivity index (χ0v) is 13.1. The first-order valence-electron chi connectivity index (χ1n) is 8.73. The van der Waals surface area contributed by atoms with Crippen LogP contribution in [0.15, 0.2) is 24.3 Å². The number of aliphatic hydroxyl groups excluding tert-OH is 1. The van der Waals surface area contributed by atoms with Gasteiger partial charge >= 0.3 is 0 Å². The molecule has 0 radical (unpaired) electrons. The predicted molar refractivity (Wildman–Crippen MR) is 87.2 cm³/mol. The van der Waals surface area contributed by atoms with Crippen molar-refractivity contribution >= 4 is 0 Å². The fourth-order valence-electron chi connectivity index (χ4n) is 3.81. The molecule has 2 nitrogen and oxygen atoms in total. The van der Waals surface area contributed by atoms with Crippen molar-refractivity contribution < 1.29 is 5.11 Å². The van der Waals surface area contributed by atoms with Gasteiger partial charge in [-0.15, -0.1) is 0 Å². The van der Waals surface area contributed by atoms with Gasteiger partial charge < -0.3 is 10.4 Å². The highest BCUT2D eigenvalue weighted by Gasteiger charge is 2.30. The van der Waals surface area contributed by atoms with Gasteiger partial charge in [-0.05, 0) is 36.3 Å². The van der Waals surface area contributed by atoms with Crippen molar-refractivity contribution in [2.45, 2.75) is 69.9 Å². The summed E-state index contributed by atoms with van der Waals surface area (Å²) in [6.45, 7) is 1.16. The Labute approximate surface area is 129 Å². The lowest BCUT2D eigenvalue weighted by molar-refractivity contribution is 0.119. The molecule has 2 aliphatic carbocycles. The van der Waals surface area contributed by atoms with Crippen molar-refractivity contribution in [3.8, 4) is 0 Å². The molecule has 0 heterocycles. The molecule has 0 unspecified atom stereocenters. The summed E-state index contributed by atoms with van der Waals surface area (Å²) < 4.78 is 0. The van der Waals surface area contributed by atoms with Crippen LogP contribution in [0, 0.1) is 5.92 Å². The van der Waals surface area contributed by atoms with Gasteiger partial charge in [-0.25, -0.2) is 0 Å². The largest absolute Gasteiger partial charge is 0.394 e. The van der Waals surface area contributed by atoms with Gasteiger partial charge in [-0.2, -0.15) is 0 Å². The van der Waals surface area contributed by atoms with Crippen LogP contribution in [-0.2, 0) is 13.0 Å². The average Bonchev–Trinajstić information content (AvgIpc) is 2.50. The third kappa shape index (κ3) is 3.87. The minimum atomic E-state index is -0.0256. The Hall–Kier alpha value is -0.860. The molecule has 0 atom stereocenters. The van der Waals surface area contributed by atoms with E-state index < -0.39 is 0 Å². The minimum absolute atomic E-state index is 0.0256. The summed E-state index contributed by atoms with van der Waals surface area (Å²) in [6.07, 6.45) is 11.5. The number of benzene rings is 1. The van der Waals surface area contributed by atoms with Crippen molar-refractivity contribution in [3.63, 3.8) is 0 Å². The summed E-state index contributed by atoms with van der Waals surface area (Å²) in [5.74, 6) is 0.926. The van der Waals surface area contributed by atoms with E-state index in [0.717, 1.165) is 25.3 Å². The minimum Gasteiger partial charge on any atom is -0.394 e. The normalized spacial score (nSPS) is 22.0. The second kappa shape index (κ2) is 6.93. The molecule has 0 aromatic heterocycles. The van der Waals surface area contributed by atoms with Gasteiger partial charge in [0.05, 0.1) is 6.61 Å². The maximum Gasteiger partial charge on any atom is 0.0613 e. The Morgan fingerprint density at radius 2 is 1.81 bits per heavy atom. The van der Waals surface area contributed by atoms with E-state index >= 15 is 0 Å². The Balaban J connectivity index is 1.57. The van der Waals surface area contributed by atoms with Gasteiger partial charge in [0.15, 0.2) is 0 Å². The Morgan fingerprint density at radius 3 is 2.48 bits per heavy atom. The zero-order chi connectivity index (χ0) is 14.5. The van der Waals surface area contributed by atoms with E-state index in [1.807, 2.05) is 0 Å². The van der Waals surface area contributed by atoms with Gasteiger partial charge in [-0.3, -0.25) is 0 Å². The number of hydrogen-bond acceptors (Lipinski definition) is 2. The summed E-state index contributed by atoms with van der Waals surface area (Å²) in [5.41, 5.74) is 2.83. The molecule has 0 spiro atoms. The standard InChI is InChI=1S/C19H29NO/c21-15-19(10-2-1-3-11-19)20-14-18-9-5-8-17(13-18)12-16-6-4-7-16/h5,8-9,13,16,20-21H,1-4,6-7,10-12,14-15H2.